The zero-order valence-corrected chi connectivity index (χ0v) is 18.6. The molecule has 2 aliphatic rings. The molecule has 1 atom stereocenters. The number of hydrogen-bond acceptors (Lipinski definition) is 8. The lowest BCUT2D eigenvalue weighted by Gasteiger charge is -2.33. The predicted molar refractivity (Wildman–Crippen MR) is 126 cm³/mol. The fourth-order valence-corrected chi connectivity index (χ4v) is 4.90. The monoisotopic (exact) mass is 463 g/mol. The van der Waals surface area contributed by atoms with Gasteiger partial charge in [0.2, 0.25) is 11.1 Å². The molecule has 2 aromatic heterocycles. The van der Waals surface area contributed by atoms with Crippen molar-refractivity contribution in [3.8, 4) is 0 Å². The fourth-order valence-electron chi connectivity index (χ4n) is 4.08. The molecule has 3 aromatic rings. The zero-order chi connectivity index (χ0) is 22.8. The lowest BCUT2D eigenvalue weighted by atomic mass is 10.1. The third kappa shape index (κ3) is 5.09. The van der Waals surface area contributed by atoms with Crippen LogP contribution in [-0.2, 0) is 16.1 Å². The van der Waals surface area contributed by atoms with Gasteiger partial charge in [0.25, 0.3) is 0 Å². The number of thioether (sulfide) groups is 1. The number of Topliss-reactive ketones (excluding diaryl/α,β-unsaturated/α-hetero) is 1. The second-order valence-corrected chi connectivity index (χ2v) is 9.27. The van der Waals surface area contributed by atoms with Crippen molar-refractivity contribution in [3.63, 3.8) is 0 Å². The number of nitrogens with zero attached hydrogens (tertiary/aromatic N) is 4. The third-order valence-corrected chi connectivity index (χ3v) is 6.67. The average molecular weight is 464 g/mol. The van der Waals surface area contributed by atoms with Crippen molar-refractivity contribution in [2.45, 2.75) is 31.8 Å². The van der Waals surface area contributed by atoms with Crippen molar-refractivity contribution < 1.29 is 14.0 Å². The van der Waals surface area contributed by atoms with Gasteiger partial charge >= 0.3 is 0 Å². The lowest BCUT2D eigenvalue weighted by Crippen LogP contribution is -2.46. The van der Waals surface area contributed by atoms with Crippen LogP contribution in [0.25, 0.3) is 17.0 Å². The van der Waals surface area contributed by atoms with Crippen LogP contribution >= 0.6 is 11.8 Å². The number of carbonyl (C=O) groups excluding carboxylic acids is 2. The van der Waals surface area contributed by atoms with Crippen LogP contribution in [0.15, 0.2) is 47.5 Å². The Hall–Kier alpha value is -3.17. The van der Waals surface area contributed by atoms with E-state index in [-0.39, 0.29) is 29.2 Å². The molecule has 168 valence electrons. The number of piperidine rings is 1. The van der Waals surface area contributed by atoms with Crippen LogP contribution in [0.3, 0.4) is 0 Å². The highest BCUT2D eigenvalue weighted by Crippen LogP contribution is 2.30. The molecule has 1 N–H and O–H groups in total. The molecule has 4 heterocycles. The molecule has 1 aromatic carbocycles. The molecule has 0 saturated carbocycles. The minimum absolute atomic E-state index is 0.0448. The van der Waals surface area contributed by atoms with E-state index in [0.717, 1.165) is 54.3 Å². The van der Waals surface area contributed by atoms with E-state index in [1.54, 1.807) is 24.4 Å². The summed E-state index contributed by atoms with van der Waals surface area (Å²) in [5, 5.41) is 4.23. The maximum absolute atomic E-state index is 13.4. The molecule has 0 aliphatic carbocycles. The molecule has 9 heteroatoms. The number of pyridine rings is 1. The van der Waals surface area contributed by atoms with Gasteiger partial charge in [-0.3, -0.25) is 14.6 Å². The van der Waals surface area contributed by atoms with E-state index in [4.69, 9.17) is 0 Å². The molecule has 33 heavy (non-hydrogen) atoms. The van der Waals surface area contributed by atoms with Crippen LogP contribution in [0.4, 0.5) is 10.3 Å². The van der Waals surface area contributed by atoms with Gasteiger partial charge in [0.1, 0.15) is 5.82 Å². The highest BCUT2D eigenvalue weighted by Gasteiger charge is 2.26. The summed E-state index contributed by atoms with van der Waals surface area (Å²) in [7, 11) is 0. The standard InChI is InChI=1S/C24H22FN5O2S/c25-16-4-6-20-15(10-16)3-5-18(28-20)13-27-19-2-1-9-30(14-19)24-26-8-7-17(29-24)11-22-21(31)12-23(32)33-22/h3-8,10-11,19,27H,1-2,9,12-14H2/b22-11-/t19-/m0/s1. The van der Waals surface area contributed by atoms with Crippen molar-refractivity contribution in [1.82, 2.24) is 20.3 Å². The van der Waals surface area contributed by atoms with Gasteiger partial charge in [-0.15, -0.1) is 0 Å². The summed E-state index contributed by atoms with van der Waals surface area (Å²) >= 11 is 0.980. The van der Waals surface area contributed by atoms with E-state index in [9.17, 15) is 14.0 Å². The van der Waals surface area contributed by atoms with Crippen molar-refractivity contribution in [1.29, 1.82) is 0 Å². The fraction of sp³-hybridized carbons (Fsp3) is 0.292. The minimum atomic E-state index is -0.262. The molecule has 2 fully saturated rings. The largest absolute Gasteiger partial charge is 0.339 e. The Labute approximate surface area is 194 Å². The summed E-state index contributed by atoms with van der Waals surface area (Å²) in [6.45, 7) is 2.22. The Morgan fingerprint density at radius 2 is 2.09 bits per heavy atom. The topological polar surface area (TPSA) is 88.1 Å². The molecule has 2 saturated heterocycles. The summed E-state index contributed by atoms with van der Waals surface area (Å²) in [5.41, 5.74) is 2.31. The number of carbonyl (C=O) groups is 2. The highest BCUT2D eigenvalue weighted by atomic mass is 32.2. The molecule has 0 spiro atoms. The van der Waals surface area contributed by atoms with E-state index in [1.165, 1.54) is 12.1 Å². The molecule has 0 radical (unpaired) electrons. The van der Waals surface area contributed by atoms with E-state index in [0.29, 0.717) is 23.1 Å². The van der Waals surface area contributed by atoms with E-state index < -0.39 is 0 Å². The lowest BCUT2D eigenvalue weighted by molar-refractivity contribution is -0.119. The number of halogens is 1. The van der Waals surface area contributed by atoms with E-state index in [1.807, 2.05) is 12.1 Å². The summed E-state index contributed by atoms with van der Waals surface area (Å²) in [4.78, 5) is 39.6. The SMILES string of the molecule is O=C1CC(=O)/C(=C/c2ccnc(N3CCC[C@H](NCc4ccc5cc(F)ccc5n4)C3)n2)S1. The van der Waals surface area contributed by atoms with Crippen LogP contribution in [0, 0.1) is 5.82 Å². The Morgan fingerprint density at radius 1 is 1.18 bits per heavy atom. The summed E-state index contributed by atoms with van der Waals surface area (Å²) in [5.74, 6) is 0.199. The summed E-state index contributed by atoms with van der Waals surface area (Å²) in [6.07, 6.45) is 5.34. The number of anilines is 1. The van der Waals surface area contributed by atoms with Gasteiger partial charge in [0.05, 0.1) is 28.2 Å². The van der Waals surface area contributed by atoms with Crippen LogP contribution < -0.4 is 10.2 Å². The van der Waals surface area contributed by atoms with Crippen LogP contribution in [-0.4, -0.2) is 45.0 Å². The van der Waals surface area contributed by atoms with Gasteiger partial charge in [-0.1, -0.05) is 6.07 Å². The predicted octanol–water partition coefficient (Wildman–Crippen LogP) is 3.50. The van der Waals surface area contributed by atoms with Crippen molar-refractivity contribution in [3.05, 3.63) is 64.7 Å². The average Bonchev–Trinajstić information content (AvgIpc) is 3.14. The number of hydrogen-bond donors (Lipinski definition) is 1. The maximum atomic E-state index is 13.4. The van der Waals surface area contributed by atoms with Crippen molar-refractivity contribution in [2.75, 3.05) is 18.0 Å². The molecule has 0 amide bonds. The first-order chi connectivity index (χ1) is 16.0. The molecule has 2 aliphatic heterocycles. The summed E-state index contributed by atoms with van der Waals surface area (Å²) in [6, 6.07) is 10.4. The second-order valence-electron chi connectivity index (χ2n) is 8.17. The Bertz CT molecular complexity index is 1260. The maximum Gasteiger partial charge on any atom is 0.225 e. The number of ketones is 1. The highest BCUT2D eigenvalue weighted by molar-refractivity contribution is 8.18. The van der Waals surface area contributed by atoms with E-state index in [2.05, 4.69) is 25.2 Å². The molecule has 7 nitrogen and oxygen atoms in total. The molecule has 5 rings (SSSR count). The van der Waals surface area contributed by atoms with Crippen molar-refractivity contribution >= 4 is 45.6 Å². The Balaban J connectivity index is 1.24. The van der Waals surface area contributed by atoms with Crippen molar-refractivity contribution in [2.24, 2.45) is 0 Å². The Kier molecular flexibility index (Phi) is 6.15. The number of fused-ring (bicyclic) bond motifs is 1. The number of rotatable bonds is 5. The third-order valence-electron chi connectivity index (χ3n) is 5.73. The number of allylic oxidation sites excluding steroid dienone is 1. The quantitative estimate of drug-likeness (QED) is 0.454. The van der Waals surface area contributed by atoms with E-state index >= 15 is 0 Å². The molecular formula is C24H22FN5O2S. The first-order valence-electron chi connectivity index (χ1n) is 10.9. The molecule has 0 unspecified atom stereocenters. The normalized spacial score (nSPS) is 20.2. The number of nitrogens with one attached hydrogen (secondary N) is 1. The first-order valence-corrected chi connectivity index (χ1v) is 11.7. The summed E-state index contributed by atoms with van der Waals surface area (Å²) < 4.78 is 13.4. The zero-order valence-electron chi connectivity index (χ0n) is 17.8. The molecular weight excluding hydrogens is 441 g/mol. The van der Waals surface area contributed by atoms with Gasteiger partial charge in [-0.25, -0.2) is 14.4 Å². The van der Waals surface area contributed by atoms with Gasteiger partial charge < -0.3 is 10.2 Å². The first kappa shape index (κ1) is 21.7. The number of benzene rings is 1. The second kappa shape index (κ2) is 9.36. The smallest absolute Gasteiger partial charge is 0.225 e. The van der Waals surface area contributed by atoms with Gasteiger partial charge in [-0.2, -0.15) is 0 Å². The van der Waals surface area contributed by atoms with Crippen LogP contribution in [0.1, 0.15) is 30.7 Å². The minimum Gasteiger partial charge on any atom is -0.339 e. The number of aromatic nitrogens is 3. The van der Waals surface area contributed by atoms with Gasteiger partial charge in [0, 0.05) is 37.3 Å². The Morgan fingerprint density at radius 3 is 2.94 bits per heavy atom. The van der Waals surface area contributed by atoms with Gasteiger partial charge in [-0.05, 0) is 61.0 Å². The van der Waals surface area contributed by atoms with Crippen LogP contribution in [0.2, 0.25) is 0 Å². The molecule has 0 bridgehead atoms. The van der Waals surface area contributed by atoms with Crippen LogP contribution in [0.5, 0.6) is 0 Å². The van der Waals surface area contributed by atoms with Gasteiger partial charge in [0.15, 0.2) is 5.78 Å².